The molecule has 0 spiro atoms. The van der Waals surface area contributed by atoms with Crippen LogP contribution in [-0.2, 0) is 11.4 Å². The summed E-state index contributed by atoms with van der Waals surface area (Å²) in [5.74, 6) is 0.00354. The molecule has 0 radical (unpaired) electrons. The van der Waals surface area contributed by atoms with Crippen LogP contribution in [0.1, 0.15) is 18.4 Å². The van der Waals surface area contributed by atoms with Gasteiger partial charge in [0, 0.05) is 6.07 Å². The van der Waals surface area contributed by atoms with Crippen molar-refractivity contribution in [2.45, 2.75) is 19.4 Å². The van der Waals surface area contributed by atoms with Gasteiger partial charge in [0.05, 0.1) is 6.61 Å². The van der Waals surface area contributed by atoms with Gasteiger partial charge in [-0.05, 0) is 82.6 Å². The highest BCUT2D eigenvalue weighted by atomic mass is 19.1. The molecule has 6 heteroatoms. The van der Waals surface area contributed by atoms with E-state index in [9.17, 15) is 9.18 Å². The van der Waals surface area contributed by atoms with Gasteiger partial charge in [-0.15, -0.1) is 0 Å². The van der Waals surface area contributed by atoms with Crippen LogP contribution in [0.4, 0.5) is 4.39 Å². The maximum absolute atomic E-state index is 14.1. The lowest BCUT2D eigenvalue weighted by Crippen LogP contribution is -2.10. The number of hydrogen-bond acceptors (Lipinski definition) is 4. The first-order valence-electron chi connectivity index (χ1n) is 11.6. The van der Waals surface area contributed by atoms with Gasteiger partial charge >= 0.3 is 5.97 Å². The van der Waals surface area contributed by atoms with Crippen LogP contribution in [-0.4, -0.2) is 24.3 Å². The molecular weight excluding hydrogens is 447 g/mol. The summed E-state index contributed by atoms with van der Waals surface area (Å²) in [6.07, 6.45) is 2.54. The van der Waals surface area contributed by atoms with Crippen LogP contribution in [0.5, 0.6) is 17.2 Å². The average molecular weight is 473 g/mol. The molecule has 1 aliphatic rings. The zero-order valence-electron chi connectivity index (χ0n) is 19.1. The van der Waals surface area contributed by atoms with Crippen LogP contribution in [0, 0.1) is 11.7 Å². The Labute approximate surface area is 202 Å². The first-order chi connectivity index (χ1) is 17.0. The summed E-state index contributed by atoms with van der Waals surface area (Å²) >= 11 is 0. The summed E-state index contributed by atoms with van der Waals surface area (Å²) in [5, 5.41) is 10.9. The summed E-state index contributed by atoms with van der Waals surface area (Å²) in [5.41, 5.74) is 3.10. The number of carboxylic acids is 1. The van der Waals surface area contributed by atoms with Crippen LogP contribution < -0.4 is 14.2 Å². The second kappa shape index (κ2) is 10.1. The van der Waals surface area contributed by atoms with E-state index in [0.29, 0.717) is 5.75 Å². The van der Waals surface area contributed by atoms with E-state index in [4.69, 9.17) is 19.3 Å². The highest BCUT2D eigenvalue weighted by Crippen LogP contribution is 2.31. The normalized spacial score (nSPS) is 12.9. The van der Waals surface area contributed by atoms with Crippen molar-refractivity contribution in [1.82, 2.24) is 0 Å². The third kappa shape index (κ3) is 5.90. The quantitative estimate of drug-likeness (QED) is 0.286. The minimum Gasteiger partial charge on any atom is -0.493 e. The molecule has 1 saturated carbocycles. The fourth-order valence-corrected chi connectivity index (χ4v) is 3.83. The van der Waals surface area contributed by atoms with E-state index in [-0.39, 0.29) is 12.4 Å². The van der Waals surface area contributed by atoms with Crippen molar-refractivity contribution in [3.63, 3.8) is 0 Å². The van der Waals surface area contributed by atoms with Gasteiger partial charge in [-0.25, -0.2) is 9.18 Å². The number of rotatable bonds is 10. The van der Waals surface area contributed by atoms with Gasteiger partial charge in [0.15, 0.2) is 18.2 Å². The molecule has 1 N–H and O–H groups in total. The summed E-state index contributed by atoms with van der Waals surface area (Å²) in [4.78, 5) is 10.6. The predicted octanol–water partition coefficient (Wildman–Crippen LogP) is 6.48. The molecule has 35 heavy (non-hydrogen) atoms. The summed E-state index contributed by atoms with van der Waals surface area (Å²) in [6, 6.07) is 24.7. The molecule has 0 aromatic heterocycles. The van der Waals surface area contributed by atoms with Crippen LogP contribution in [0.15, 0.2) is 78.9 Å². The van der Waals surface area contributed by atoms with Crippen molar-refractivity contribution in [1.29, 1.82) is 0 Å². The molecule has 0 bridgehead atoms. The summed E-state index contributed by atoms with van der Waals surface area (Å²) < 4.78 is 30.7. The standard InChI is InChI=1S/C29H25FO5/c30-27-15-26(10-11-28(27)35-18-29(31)32)34-17-20-2-1-3-21(12-20)22-6-7-24-14-25(9-8-23(24)13-22)33-16-19-4-5-19/h1-3,6-15,19H,4-5,16-18H2,(H,31,32). The van der Waals surface area contributed by atoms with Crippen LogP contribution in [0.25, 0.3) is 21.9 Å². The maximum Gasteiger partial charge on any atom is 0.341 e. The van der Waals surface area contributed by atoms with Crippen molar-refractivity contribution in [3.8, 4) is 28.4 Å². The molecule has 0 atom stereocenters. The molecule has 4 aromatic rings. The SMILES string of the molecule is O=C(O)COc1ccc(OCc2cccc(-c3ccc4cc(OCC5CC5)ccc4c3)c2)cc1F. The zero-order valence-corrected chi connectivity index (χ0v) is 19.1. The van der Waals surface area contributed by atoms with E-state index in [0.717, 1.165) is 45.7 Å². The lowest BCUT2D eigenvalue weighted by Gasteiger charge is -2.11. The lowest BCUT2D eigenvalue weighted by atomic mass is 10.00. The van der Waals surface area contributed by atoms with Crippen LogP contribution in [0.2, 0.25) is 0 Å². The van der Waals surface area contributed by atoms with Crippen molar-refractivity contribution in [2.24, 2.45) is 5.92 Å². The molecule has 1 aliphatic carbocycles. The molecule has 4 aromatic carbocycles. The number of benzene rings is 4. The number of aliphatic carboxylic acids is 1. The Kier molecular flexibility index (Phi) is 6.53. The van der Waals surface area contributed by atoms with E-state index in [1.54, 1.807) is 6.07 Å². The maximum atomic E-state index is 14.1. The molecule has 0 amide bonds. The number of hydrogen-bond donors (Lipinski definition) is 1. The number of ether oxygens (including phenoxy) is 3. The van der Waals surface area contributed by atoms with Gasteiger partial charge in [0.1, 0.15) is 18.1 Å². The minimum absolute atomic E-state index is 0.125. The average Bonchev–Trinajstić information content (AvgIpc) is 3.70. The fraction of sp³-hybridized carbons (Fsp3) is 0.207. The van der Waals surface area contributed by atoms with Gasteiger partial charge in [-0.2, -0.15) is 0 Å². The van der Waals surface area contributed by atoms with Crippen molar-refractivity contribution in [3.05, 3.63) is 90.2 Å². The molecule has 5 rings (SSSR count). The van der Waals surface area contributed by atoms with Gasteiger partial charge < -0.3 is 19.3 Å². The van der Waals surface area contributed by atoms with E-state index < -0.39 is 18.4 Å². The number of carboxylic acid groups (broad SMARTS) is 1. The van der Waals surface area contributed by atoms with E-state index in [1.807, 2.05) is 24.3 Å². The summed E-state index contributed by atoms with van der Waals surface area (Å²) in [7, 11) is 0. The molecule has 178 valence electrons. The second-order valence-corrected chi connectivity index (χ2v) is 8.74. The zero-order chi connectivity index (χ0) is 24.2. The topological polar surface area (TPSA) is 65.0 Å². The Hall–Kier alpha value is -4.06. The van der Waals surface area contributed by atoms with E-state index >= 15 is 0 Å². The predicted molar refractivity (Wildman–Crippen MR) is 131 cm³/mol. The van der Waals surface area contributed by atoms with E-state index in [1.165, 1.54) is 25.0 Å². The summed E-state index contributed by atoms with van der Waals surface area (Å²) in [6.45, 7) is 0.458. The van der Waals surface area contributed by atoms with Crippen LogP contribution in [0.3, 0.4) is 0 Å². The largest absolute Gasteiger partial charge is 0.493 e. The molecule has 0 saturated heterocycles. The lowest BCUT2D eigenvalue weighted by molar-refractivity contribution is -0.139. The van der Waals surface area contributed by atoms with Crippen molar-refractivity contribution < 1.29 is 28.5 Å². The molecular formula is C29H25FO5. The molecule has 5 nitrogen and oxygen atoms in total. The highest BCUT2D eigenvalue weighted by Gasteiger charge is 2.21. The molecule has 0 heterocycles. The first-order valence-corrected chi connectivity index (χ1v) is 11.6. The fourth-order valence-electron chi connectivity index (χ4n) is 3.83. The van der Waals surface area contributed by atoms with Gasteiger partial charge in [0.2, 0.25) is 0 Å². The Balaban J connectivity index is 1.25. The minimum atomic E-state index is -1.17. The Morgan fingerprint density at radius 3 is 2.37 bits per heavy atom. The third-order valence-corrected chi connectivity index (χ3v) is 5.91. The number of halogens is 1. The Bertz CT molecular complexity index is 1360. The smallest absolute Gasteiger partial charge is 0.341 e. The monoisotopic (exact) mass is 472 g/mol. The third-order valence-electron chi connectivity index (χ3n) is 5.91. The van der Waals surface area contributed by atoms with Gasteiger partial charge in [-0.3, -0.25) is 0 Å². The number of carbonyl (C=O) groups is 1. The van der Waals surface area contributed by atoms with Gasteiger partial charge in [0.25, 0.3) is 0 Å². The number of fused-ring (bicyclic) bond motifs is 1. The first kappa shape index (κ1) is 22.7. The van der Waals surface area contributed by atoms with Gasteiger partial charge in [-0.1, -0.05) is 36.4 Å². The van der Waals surface area contributed by atoms with Crippen LogP contribution >= 0.6 is 0 Å². The van der Waals surface area contributed by atoms with Crippen molar-refractivity contribution >= 4 is 16.7 Å². The molecule has 0 aliphatic heterocycles. The van der Waals surface area contributed by atoms with E-state index in [2.05, 4.69) is 36.4 Å². The highest BCUT2D eigenvalue weighted by molar-refractivity contribution is 5.88. The van der Waals surface area contributed by atoms with Crippen molar-refractivity contribution in [2.75, 3.05) is 13.2 Å². The Morgan fingerprint density at radius 2 is 1.57 bits per heavy atom. The molecule has 0 unspecified atom stereocenters. The Morgan fingerprint density at radius 1 is 0.829 bits per heavy atom. The molecule has 1 fully saturated rings. The second-order valence-electron chi connectivity index (χ2n) is 8.74.